The second-order valence-electron chi connectivity index (χ2n) is 8.09. The van der Waals surface area contributed by atoms with Crippen molar-refractivity contribution >= 4 is 36.1 Å². The molecule has 5 atom stereocenters. The minimum atomic E-state index is -1.34. The Morgan fingerprint density at radius 3 is 1.89 bits per heavy atom. The van der Waals surface area contributed by atoms with E-state index in [-0.39, 0.29) is 16.8 Å². The molecule has 0 bridgehead atoms. The van der Waals surface area contributed by atoms with E-state index in [1.165, 1.54) is 11.5 Å². The average molecular weight is 509 g/mol. The van der Waals surface area contributed by atoms with Crippen molar-refractivity contribution in [3.05, 3.63) is 27.0 Å². The molecule has 1 fully saturated rings. The predicted octanol–water partition coefficient (Wildman–Crippen LogP) is 2.27. The maximum Gasteiger partial charge on any atom is 0.303 e. The van der Waals surface area contributed by atoms with Gasteiger partial charge in [-0.1, -0.05) is 12.2 Å². The number of nitriles is 1. The number of carbonyl (C=O) groups excluding carboxylic acids is 4. The van der Waals surface area contributed by atoms with E-state index in [4.69, 9.17) is 35.9 Å². The van der Waals surface area contributed by atoms with Gasteiger partial charge in [0, 0.05) is 33.4 Å². The number of rotatable bonds is 6. The maximum absolute atomic E-state index is 12.1. The summed E-state index contributed by atoms with van der Waals surface area (Å²) in [6.45, 7) is 9.56. The summed E-state index contributed by atoms with van der Waals surface area (Å²) in [5.41, 5.74) is 2.24. The fourth-order valence-corrected chi connectivity index (χ4v) is 4.36. The lowest BCUT2D eigenvalue weighted by Crippen LogP contribution is -2.60. The molecule has 0 radical (unpaired) electrons. The van der Waals surface area contributed by atoms with E-state index in [0.29, 0.717) is 11.3 Å². The van der Waals surface area contributed by atoms with Gasteiger partial charge in [-0.15, -0.1) is 0 Å². The van der Waals surface area contributed by atoms with Gasteiger partial charge in [0.1, 0.15) is 23.4 Å². The molecule has 35 heavy (non-hydrogen) atoms. The molecule has 1 aromatic heterocycles. The zero-order chi connectivity index (χ0) is 26.6. The Kier molecular flexibility index (Phi) is 9.12. The van der Waals surface area contributed by atoms with Crippen molar-refractivity contribution in [1.29, 1.82) is 5.26 Å². The van der Waals surface area contributed by atoms with Crippen LogP contribution in [0.5, 0.6) is 0 Å². The van der Waals surface area contributed by atoms with Crippen LogP contribution in [-0.2, 0) is 42.9 Å². The highest BCUT2D eigenvalue weighted by molar-refractivity contribution is 7.71. The molecule has 1 saturated heterocycles. The largest absolute Gasteiger partial charge is 0.463 e. The van der Waals surface area contributed by atoms with E-state index >= 15 is 0 Å². The predicted molar refractivity (Wildman–Crippen MR) is 121 cm³/mol. The van der Waals surface area contributed by atoms with Gasteiger partial charge in [-0.3, -0.25) is 19.2 Å². The first-order chi connectivity index (χ1) is 16.3. The normalized spacial score (nSPS) is 23.5. The first kappa shape index (κ1) is 27.9. The Hall–Kier alpha value is -3.30. The molecule has 190 valence electrons. The van der Waals surface area contributed by atoms with Gasteiger partial charge in [-0.05, 0) is 31.9 Å². The van der Waals surface area contributed by atoms with E-state index in [9.17, 15) is 24.4 Å². The molecule has 2 heterocycles. The zero-order valence-electron chi connectivity index (χ0n) is 20.6. The standard InChI is InChI=1S/C23H28N2O9S/c1-10-11(2)17(8-24)23(35)25(12(10)3)22-21(33-16(7)29)20(32-15(6)28)19(31-14(5)27)18(34-22)9-30-13(4)26/h18-22H,9H2,1-7H3/t18-,19+,20+,21+,22+/m0/s1. The SMILES string of the molecule is CC(=O)OC[C@@H]1O[C@@H](n2c(C)c(C)c(C)c(C#N)c2=S)[C@H](OC(C)=O)[C@H](OC(C)=O)[C@@H]1OC(C)=O. The molecule has 0 unspecified atom stereocenters. The fourth-order valence-electron chi connectivity index (χ4n) is 3.92. The van der Waals surface area contributed by atoms with Gasteiger partial charge in [0.15, 0.2) is 24.5 Å². The molecule has 0 aliphatic carbocycles. The molecule has 0 aromatic carbocycles. The monoisotopic (exact) mass is 508 g/mol. The number of nitrogens with zero attached hydrogens (tertiary/aromatic N) is 2. The van der Waals surface area contributed by atoms with Crippen LogP contribution < -0.4 is 0 Å². The van der Waals surface area contributed by atoms with Gasteiger partial charge >= 0.3 is 23.9 Å². The van der Waals surface area contributed by atoms with Crippen LogP contribution in [0.2, 0.25) is 0 Å². The van der Waals surface area contributed by atoms with Crippen molar-refractivity contribution in [3.8, 4) is 6.07 Å². The van der Waals surface area contributed by atoms with Crippen molar-refractivity contribution in [1.82, 2.24) is 4.57 Å². The number of esters is 4. The van der Waals surface area contributed by atoms with Crippen molar-refractivity contribution in [3.63, 3.8) is 0 Å². The second-order valence-corrected chi connectivity index (χ2v) is 8.47. The highest BCUT2D eigenvalue weighted by Gasteiger charge is 2.53. The third kappa shape index (κ3) is 6.23. The summed E-state index contributed by atoms with van der Waals surface area (Å²) in [5, 5.41) is 9.72. The Morgan fingerprint density at radius 2 is 1.40 bits per heavy atom. The molecular formula is C23H28N2O9S. The van der Waals surface area contributed by atoms with Gasteiger partial charge in [-0.25, -0.2) is 0 Å². The van der Waals surface area contributed by atoms with Crippen molar-refractivity contribution in [2.24, 2.45) is 0 Å². The summed E-state index contributed by atoms with van der Waals surface area (Å²) in [6.07, 6.45) is -6.29. The molecule has 0 N–H and O–H groups in total. The van der Waals surface area contributed by atoms with Crippen LogP contribution in [0, 0.1) is 36.7 Å². The number of aromatic nitrogens is 1. The number of hydrogen-bond acceptors (Lipinski definition) is 11. The molecule has 2 rings (SSSR count). The molecule has 0 amide bonds. The molecular weight excluding hydrogens is 480 g/mol. The Morgan fingerprint density at radius 1 is 0.886 bits per heavy atom. The Bertz CT molecular complexity index is 1140. The zero-order valence-corrected chi connectivity index (χ0v) is 21.4. The molecule has 11 nitrogen and oxygen atoms in total. The fraction of sp³-hybridized carbons (Fsp3) is 0.565. The minimum Gasteiger partial charge on any atom is -0.463 e. The Labute approximate surface area is 207 Å². The minimum absolute atomic E-state index is 0.106. The lowest BCUT2D eigenvalue weighted by atomic mass is 9.96. The van der Waals surface area contributed by atoms with Gasteiger partial charge < -0.3 is 28.3 Å². The van der Waals surface area contributed by atoms with Crippen LogP contribution in [0.25, 0.3) is 0 Å². The number of ether oxygens (including phenoxy) is 5. The number of hydrogen-bond donors (Lipinski definition) is 0. The summed E-state index contributed by atoms with van der Waals surface area (Å²) < 4.78 is 29.3. The van der Waals surface area contributed by atoms with Gasteiger partial charge in [-0.2, -0.15) is 5.26 Å². The van der Waals surface area contributed by atoms with E-state index in [1.54, 1.807) is 20.8 Å². The first-order valence-corrected chi connectivity index (χ1v) is 11.1. The van der Waals surface area contributed by atoms with Crippen LogP contribution in [0.1, 0.15) is 56.3 Å². The smallest absolute Gasteiger partial charge is 0.303 e. The van der Waals surface area contributed by atoms with Crippen molar-refractivity contribution in [2.75, 3.05) is 6.61 Å². The highest BCUT2D eigenvalue weighted by atomic mass is 32.1. The first-order valence-electron chi connectivity index (χ1n) is 10.7. The van der Waals surface area contributed by atoms with Crippen molar-refractivity contribution in [2.45, 2.75) is 79.1 Å². The summed E-state index contributed by atoms with van der Waals surface area (Å²) in [4.78, 5) is 47.5. The average Bonchev–Trinajstić information content (AvgIpc) is 2.74. The van der Waals surface area contributed by atoms with Crippen LogP contribution in [0.3, 0.4) is 0 Å². The number of carbonyl (C=O) groups is 4. The van der Waals surface area contributed by atoms with E-state index in [2.05, 4.69) is 6.07 Å². The van der Waals surface area contributed by atoms with Gasteiger partial charge in [0.25, 0.3) is 0 Å². The summed E-state index contributed by atoms with van der Waals surface area (Å²) in [6, 6.07) is 2.08. The van der Waals surface area contributed by atoms with E-state index in [1.807, 2.05) is 0 Å². The van der Waals surface area contributed by atoms with Crippen LogP contribution >= 0.6 is 12.2 Å². The maximum atomic E-state index is 12.1. The topological polar surface area (TPSA) is 143 Å². The van der Waals surface area contributed by atoms with Crippen LogP contribution in [0.4, 0.5) is 0 Å². The van der Waals surface area contributed by atoms with E-state index in [0.717, 1.165) is 26.3 Å². The molecule has 0 saturated carbocycles. The lowest BCUT2D eigenvalue weighted by molar-refractivity contribution is -0.269. The summed E-state index contributed by atoms with van der Waals surface area (Å²) in [7, 11) is 0. The third-order valence-electron chi connectivity index (χ3n) is 5.61. The van der Waals surface area contributed by atoms with Crippen LogP contribution in [0.15, 0.2) is 0 Å². The van der Waals surface area contributed by atoms with Gasteiger partial charge in [0.2, 0.25) is 0 Å². The number of pyridine rings is 1. The molecule has 0 spiro atoms. The molecule has 1 aliphatic heterocycles. The van der Waals surface area contributed by atoms with Crippen molar-refractivity contribution < 1.29 is 42.9 Å². The van der Waals surface area contributed by atoms with E-state index < -0.39 is 54.5 Å². The summed E-state index contributed by atoms with van der Waals surface area (Å²) >= 11 is 5.59. The summed E-state index contributed by atoms with van der Waals surface area (Å²) in [5.74, 6) is -2.82. The molecule has 12 heteroatoms. The van der Waals surface area contributed by atoms with Gasteiger partial charge in [0.05, 0.1) is 5.56 Å². The lowest BCUT2D eigenvalue weighted by Gasteiger charge is -2.45. The molecule has 1 aliphatic rings. The highest BCUT2D eigenvalue weighted by Crippen LogP contribution is 2.37. The molecule has 1 aromatic rings. The Balaban J connectivity index is 2.81. The van der Waals surface area contributed by atoms with Crippen LogP contribution in [-0.4, -0.2) is 59.5 Å². The quantitative estimate of drug-likeness (QED) is 0.317. The second kappa shape index (κ2) is 11.4. The third-order valence-corrected chi connectivity index (χ3v) is 6.01.